The van der Waals surface area contributed by atoms with Crippen molar-refractivity contribution in [3.63, 3.8) is 0 Å². The normalized spacial score (nSPS) is 24.2. The third-order valence-corrected chi connectivity index (χ3v) is 3.69. The number of methoxy groups -OCH3 is 1. The summed E-state index contributed by atoms with van der Waals surface area (Å²) in [5.41, 5.74) is 2.73. The molecule has 18 heavy (non-hydrogen) atoms. The highest BCUT2D eigenvalue weighted by molar-refractivity contribution is 5.75. The summed E-state index contributed by atoms with van der Waals surface area (Å²) < 4.78 is 4.71. The summed E-state index contributed by atoms with van der Waals surface area (Å²) in [5.74, 6) is 0.446. The molecule has 0 heterocycles. The standard InChI is InChI=1S/C15H21NO2/c1-10-5-4-6-12(7-10)13-8-14(9-13)16-11(2)15(17)18-3/h4-7,11,13-14,16H,8-9H2,1-3H3. The summed E-state index contributed by atoms with van der Waals surface area (Å²) >= 11 is 0. The van der Waals surface area contributed by atoms with Gasteiger partial charge >= 0.3 is 5.97 Å². The Morgan fingerprint density at radius 3 is 2.78 bits per heavy atom. The maximum absolute atomic E-state index is 11.3. The Hall–Kier alpha value is -1.35. The first kappa shape index (κ1) is 13.1. The molecule has 2 rings (SSSR count). The molecule has 0 amide bonds. The average Bonchev–Trinajstić information content (AvgIpc) is 2.31. The highest BCUT2D eigenvalue weighted by atomic mass is 16.5. The molecular weight excluding hydrogens is 226 g/mol. The molecule has 1 aromatic rings. The van der Waals surface area contributed by atoms with Crippen molar-refractivity contribution < 1.29 is 9.53 Å². The number of rotatable bonds is 4. The van der Waals surface area contributed by atoms with Gasteiger partial charge in [0.2, 0.25) is 0 Å². The predicted octanol–water partition coefficient (Wildman–Crippen LogP) is 2.39. The minimum absolute atomic E-state index is 0.186. The van der Waals surface area contributed by atoms with Crippen LogP contribution >= 0.6 is 0 Å². The fourth-order valence-corrected chi connectivity index (χ4v) is 2.55. The van der Waals surface area contributed by atoms with Gasteiger partial charge in [-0.3, -0.25) is 4.79 Å². The maximum Gasteiger partial charge on any atom is 0.322 e. The second-order valence-electron chi connectivity index (χ2n) is 5.19. The van der Waals surface area contributed by atoms with Gasteiger partial charge < -0.3 is 10.1 Å². The van der Waals surface area contributed by atoms with E-state index in [1.807, 2.05) is 6.92 Å². The summed E-state index contributed by atoms with van der Waals surface area (Å²) in [6, 6.07) is 8.91. The molecule has 1 aliphatic carbocycles. The van der Waals surface area contributed by atoms with Crippen molar-refractivity contribution in [1.82, 2.24) is 5.32 Å². The number of ether oxygens (including phenoxy) is 1. The monoisotopic (exact) mass is 247 g/mol. The Balaban J connectivity index is 1.82. The topological polar surface area (TPSA) is 38.3 Å². The first-order valence-electron chi connectivity index (χ1n) is 6.50. The Morgan fingerprint density at radius 2 is 2.17 bits per heavy atom. The third-order valence-electron chi connectivity index (χ3n) is 3.69. The van der Waals surface area contributed by atoms with Crippen LogP contribution in [0.5, 0.6) is 0 Å². The minimum Gasteiger partial charge on any atom is -0.468 e. The lowest BCUT2D eigenvalue weighted by Crippen LogP contribution is -2.47. The van der Waals surface area contributed by atoms with E-state index in [4.69, 9.17) is 4.74 Å². The third kappa shape index (κ3) is 2.91. The molecule has 1 saturated carbocycles. The summed E-state index contributed by atoms with van der Waals surface area (Å²) in [6.45, 7) is 3.98. The highest BCUT2D eigenvalue weighted by Gasteiger charge is 2.32. The molecule has 0 radical (unpaired) electrons. The summed E-state index contributed by atoms with van der Waals surface area (Å²) in [7, 11) is 1.43. The molecule has 0 bridgehead atoms. The number of esters is 1. The highest BCUT2D eigenvalue weighted by Crippen LogP contribution is 2.37. The van der Waals surface area contributed by atoms with E-state index in [2.05, 4.69) is 36.5 Å². The van der Waals surface area contributed by atoms with E-state index in [9.17, 15) is 4.79 Å². The lowest BCUT2D eigenvalue weighted by Gasteiger charge is -2.37. The number of benzene rings is 1. The van der Waals surface area contributed by atoms with Crippen LogP contribution in [0, 0.1) is 6.92 Å². The fraction of sp³-hybridized carbons (Fsp3) is 0.533. The van der Waals surface area contributed by atoms with Gasteiger partial charge in [0.25, 0.3) is 0 Å². The zero-order valence-electron chi connectivity index (χ0n) is 11.3. The number of nitrogens with one attached hydrogen (secondary N) is 1. The Kier molecular flexibility index (Phi) is 4.02. The Labute approximate surface area is 109 Å². The van der Waals surface area contributed by atoms with Gasteiger partial charge in [0.05, 0.1) is 7.11 Å². The van der Waals surface area contributed by atoms with Crippen LogP contribution in [0.3, 0.4) is 0 Å². The maximum atomic E-state index is 11.3. The van der Waals surface area contributed by atoms with Crippen molar-refractivity contribution >= 4 is 5.97 Å². The van der Waals surface area contributed by atoms with Crippen molar-refractivity contribution in [1.29, 1.82) is 0 Å². The first-order valence-corrected chi connectivity index (χ1v) is 6.50. The van der Waals surface area contributed by atoms with Crippen molar-refractivity contribution in [2.24, 2.45) is 0 Å². The number of carbonyl (C=O) groups is 1. The van der Waals surface area contributed by atoms with Crippen molar-refractivity contribution in [2.75, 3.05) is 7.11 Å². The van der Waals surface area contributed by atoms with E-state index in [0.717, 1.165) is 12.8 Å². The average molecular weight is 247 g/mol. The summed E-state index contributed by atoms with van der Waals surface area (Å²) in [6.07, 6.45) is 2.20. The van der Waals surface area contributed by atoms with Crippen LogP contribution in [0.1, 0.15) is 36.8 Å². The molecule has 0 saturated heterocycles. The van der Waals surface area contributed by atoms with Crippen molar-refractivity contribution in [3.05, 3.63) is 35.4 Å². The van der Waals surface area contributed by atoms with E-state index in [0.29, 0.717) is 12.0 Å². The lowest BCUT2D eigenvalue weighted by molar-refractivity contribution is -0.143. The van der Waals surface area contributed by atoms with Gasteiger partial charge in [0.1, 0.15) is 6.04 Å². The van der Waals surface area contributed by atoms with Gasteiger partial charge in [-0.1, -0.05) is 29.8 Å². The van der Waals surface area contributed by atoms with E-state index >= 15 is 0 Å². The van der Waals surface area contributed by atoms with E-state index in [1.165, 1.54) is 18.2 Å². The smallest absolute Gasteiger partial charge is 0.322 e. The molecule has 1 aliphatic rings. The predicted molar refractivity (Wildman–Crippen MR) is 71.6 cm³/mol. The van der Waals surface area contributed by atoms with Crippen LogP contribution in [0.15, 0.2) is 24.3 Å². The molecule has 1 N–H and O–H groups in total. The molecular formula is C15H21NO2. The van der Waals surface area contributed by atoms with Crippen molar-refractivity contribution in [2.45, 2.75) is 44.7 Å². The number of hydrogen-bond donors (Lipinski definition) is 1. The molecule has 1 atom stereocenters. The van der Waals surface area contributed by atoms with E-state index in [-0.39, 0.29) is 12.0 Å². The number of carbonyl (C=O) groups excluding carboxylic acids is 1. The molecule has 3 heteroatoms. The summed E-state index contributed by atoms with van der Waals surface area (Å²) in [5, 5.41) is 3.31. The first-order chi connectivity index (χ1) is 8.60. The second kappa shape index (κ2) is 5.53. The van der Waals surface area contributed by atoms with Gasteiger partial charge in [-0.2, -0.15) is 0 Å². The number of aryl methyl sites for hydroxylation is 1. The van der Waals surface area contributed by atoms with Crippen LogP contribution in [-0.2, 0) is 9.53 Å². The molecule has 0 aromatic heterocycles. The van der Waals surface area contributed by atoms with Gasteiger partial charge in [-0.25, -0.2) is 0 Å². The van der Waals surface area contributed by atoms with Gasteiger partial charge in [-0.15, -0.1) is 0 Å². The fourth-order valence-electron chi connectivity index (χ4n) is 2.55. The molecule has 1 aromatic carbocycles. The van der Waals surface area contributed by atoms with Gasteiger partial charge in [0, 0.05) is 6.04 Å². The lowest BCUT2D eigenvalue weighted by atomic mass is 9.75. The van der Waals surface area contributed by atoms with Crippen LogP contribution in [-0.4, -0.2) is 25.2 Å². The van der Waals surface area contributed by atoms with E-state index in [1.54, 1.807) is 0 Å². The van der Waals surface area contributed by atoms with E-state index < -0.39 is 0 Å². The van der Waals surface area contributed by atoms with Crippen LogP contribution < -0.4 is 5.32 Å². The number of hydrogen-bond acceptors (Lipinski definition) is 3. The zero-order valence-corrected chi connectivity index (χ0v) is 11.3. The quantitative estimate of drug-likeness (QED) is 0.830. The largest absolute Gasteiger partial charge is 0.468 e. The minimum atomic E-state index is -0.210. The van der Waals surface area contributed by atoms with Gasteiger partial charge in [0.15, 0.2) is 0 Å². The molecule has 1 unspecified atom stereocenters. The molecule has 1 fully saturated rings. The molecule has 98 valence electrons. The molecule has 0 spiro atoms. The SMILES string of the molecule is COC(=O)C(C)NC1CC(c2cccc(C)c2)C1. The van der Waals surface area contributed by atoms with Crippen LogP contribution in [0.4, 0.5) is 0 Å². The Morgan fingerprint density at radius 1 is 1.44 bits per heavy atom. The molecule has 3 nitrogen and oxygen atoms in total. The second-order valence-corrected chi connectivity index (χ2v) is 5.19. The summed E-state index contributed by atoms with van der Waals surface area (Å²) in [4.78, 5) is 11.3. The van der Waals surface area contributed by atoms with Gasteiger partial charge in [-0.05, 0) is 38.2 Å². The van der Waals surface area contributed by atoms with Crippen molar-refractivity contribution in [3.8, 4) is 0 Å². The van der Waals surface area contributed by atoms with Crippen LogP contribution in [0.25, 0.3) is 0 Å². The Bertz CT molecular complexity index is 424. The zero-order chi connectivity index (χ0) is 13.1. The molecule has 0 aliphatic heterocycles. The van der Waals surface area contributed by atoms with Crippen LogP contribution in [0.2, 0.25) is 0 Å².